The Kier molecular flexibility index (Phi) is 4.23. The van der Waals surface area contributed by atoms with Crippen molar-refractivity contribution in [2.24, 2.45) is 0 Å². The van der Waals surface area contributed by atoms with Gasteiger partial charge in [-0.1, -0.05) is 13.0 Å². The van der Waals surface area contributed by atoms with Crippen LogP contribution < -0.4 is 5.32 Å². The Bertz CT molecular complexity index is 453. The van der Waals surface area contributed by atoms with E-state index >= 15 is 0 Å². The fourth-order valence-electron chi connectivity index (χ4n) is 1.85. The molecule has 0 amide bonds. The highest BCUT2D eigenvalue weighted by molar-refractivity contribution is 7.09. The van der Waals surface area contributed by atoms with E-state index in [1.807, 2.05) is 24.0 Å². The molecule has 1 unspecified atom stereocenters. The van der Waals surface area contributed by atoms with Gasteiger partial charge >= 0.3 is 0 Å². The van der Waals surface area contributed by atoms with Gasteiger partial charge in [0, 0.05) is 36.4 Å². The lowest BCUT2D eigenvalue weighted by atomic mass is 10.0. The minimum absolute atomic E-state index is 0.304. The summed E-state index contributed by atoms with van der Waals surface area (Å²) in [4.78, 5) is 8.60. The Morgan fingerprint density at radius 1 is 1.41 bits per heavy atom. The van der Waals surface area contributed by atoms with Gasteiger partial charge in [0.2, 0.25) is 0 Å². The molecule has 2 rings (SSSR count). The van der Waals surface area contributed by atoms with Crippen LogP contribution in [0.2, 0.25) is 0 Å². The van der Waals surface area contributed by atoms with E-state index in [0.29, 0.717) is 6.04 Å². The molecule has 0 saturated carbocycles. The number of hydrogen-bond acceptors (Lipinski definition) is 4. The average Bonchev–Trinajstić information content (AvgIpc) is 2.81. The van der Waals surface area contributed by atoms with Crippen LogP contribution in [0, 0.1) is 6.92 Å². The maximum atomic E-state index is 4.34. The molecule has 0 fully saturated rings. The van der Waals surface area contributed by atoms with Crippen LogP contribution in [0.15, 0.2) is 30.0 Å². The number of likely N-dealkylation sites (N-methyl/N-ethyl adjacent to an activating group) is 1. The van der Waals surface area contributed by atoms with Gasteiger partial charge in [0.1, 0.15) is 0 Å². The lowest BCUT2D eigenvalue weighted by Gasteiger charge is -2.17. The molecule has 2 heterocycles. The van der Waals surface area contributed by atoms with Gasteiger partial charge in [0.05, 0.1) is 5.01 Å². The highest BCUT2D eigenvalue weighted by Crippen LogP contribution is 2.19. The van der Waals surface area contributed by atoms with Gasteiger partial charge in [0.15, 0.2) is 0 Å². The number of nitrogens with one attached hydrogen (secondary N) is 1. The van der Waals surface area contributed by atoms with E-state index in [0.717, 1.165) is 18.0 Å². The molecule has 90 valence electrons. The SMILES string of the molecule is CCNC(Cc1nccs1)c1cncc(C)c1. The van der Waals surface area contributed by atoms with Gasteiger partial charge in [0.25, 0.3) is 0 Å². The van der Waals surface area contributed by atoms with Crippen molar-refractivity contribution in [2.45, 2.75) is 26.3 Å². The van der Waals surface area contributed by atoms with Crippen molar-refractivity contribution >= 4 is 11.3 Å². The topological polar surface area (TPSA) is 37.8 Å². The number of thiazole rings is 1. The molecule has 17 heavy (non-hydrogen) atoms. The van der Waals surface area contributed by atoms with Gasteiger partial charge in [-0.15, -0.1) is 11.3 Å². The smallest absolute Gasteiger partial charge is 0.0943 e. The Labute approximate surface area is 106 Å². The number of nitrogens with zero attached hydrogens (tertiary/aromatic N) is 2. The van der Waals surface area contributed by atoms with Crippen molar-refractivity contribution < 1.29 is 0 Å². The zero-order valence-corrected chi connectivity index (χ0v) is 11.0. The second-order valence-electron chi connectivity index (χ2n) is 4.04. The summed E-state index contributed by atoms with van der Waals surface area (Å²) in [6.45, 7) is 5.14. The lowest BCUT2D eigenvalue weighted by molar-refractivity contribution is 0.546. The molecule has 0 radical (unpaired) electrons. The number of hydrogen-bond donors (Lipinski definition) is 1. The minimum Gasteiger partial charge on any atom is -0.310 e. The average molecular weight is 247 g/mol. The number of pyridine rings is 1. The van der Waals surface area contributed by atoms with Crippen molar-refractivity contribution in [2.75, 3.05) is 6.54 Å². The zero-order valence-electron chi connectivity index (χ0n) is 10.2. The maximum Gasteiger partial charge on any atom is 0.0943 e. The number of rotatable bonds is 5. The van der Waals surface area contributed by atoms with Crippen molar-refractivity contribution in [3.63, 3.8) is 0 Å². The molecule has 0 aliphatic rings. The molecule has 2 aromatic rings. The summed E-state index contributed by atoms with van der Waals surface area (Å²) in [6, 6.07) is 2.49. The molecule has 0 spiro atoms. The molecule has 0 aliphatic carbocycles. The molecular formula is C13H17N3S. The van der Waals surface area contributed by atoms with Crippen molar-refractivity contribution in [3.05, 3.63) is 46.2 Å². The normalized spacial score (nSPS) is 12.6. The monoisotopic (exact) mass is 247 g/mol. The molecule has 1 atom stereocenters. The summed E-state index contributed by atoms with van der Waals surface area (Å²) in [5.74, 6) is 0. The highest BCUT2D eigenvalue weighted by atomic mass is 32.1. The standard InChI is InChI=1S/C13H17N3S/c1-3-15-12(7-13-16-4-5-17-13)11-6-10(2)8-14-9-11/h4-6,8-9,12,15H,3,7H2,1-2H3. The van der Waals surface area contributed by atoms with Crippen LogP contribution in [0.3, 0.4) is 0 Å². The van der Waals surface area contributed by atoms with Crippen LogP contribution in [0.25, 0.3) is 0 Å². The van der Waals surface area contributed by atoms with Crippen LogP contribution in [-0.4, -0.2) is 16.5 Å². The third-order valence-electron chi connectivity index (χ3n) is 2.61. The maximum absolute atomic E-state index is 4.34. The molecule has 0 aromatic carbocycles. The summed E-state index contributed by atoms with van der Waals surface area (Å²) in [6.07, 6.45) is 6.61. The van der Waals surface area contributed by atoms with E-state index in [1.165, 1.54) is 11.1 Å². The fraction of sp³-hybridized carbons (Fsp3) is 0.385. The third-order valence-corrected chi connectivity index (χ3v) is 3.41. The Morgan fingerprint density at radius 2 is 2.29 bits per heavy atom. The predicted molar refractivity (Wildman–Crippen MR) is 71.2 cm³/mol. The van der Waals surface area contributed by atoms with Gasteiger partial charge in [-0.3, -0.25) is 4.98 Å². The van der Waals surface area contributed by atoms with E-state index < -0.39 is 0 Å². The fourth-order valence-corrected chi connectivity index (χ4v) is 2.51. The molecule has 0 bridgehead atoms. The van der Waals surface area contributed by atoms with Crippen molar-refractivity contribution in [3.8, 4) is 0 Å². The van der Waals surface area contributed by atoms with E-state index in [1.54, 1.807) is 11.3 Å². The lowest BCUT2D eigenvalue weighted by Crippen LogP contribution is -2.23. The van der Waals surface area contributed by atoms with Crippen LogP contribution in [0.1, 0.15) is 29.1 Å². The molecule has 1 N–H and O–H groups in total. The van der Waals surface area contributed by atoms with Crippen LogP contribution in [-0.2, 0) is 6.42 Å². The first-order valence-corrected chi connectivity index (χ1v) is 6.71. The Hall–Kier alpha value is -1.26. The molecule has 0 saturated heterocycles. The first-order chi connectivity index (χ1) is 8.29. The van der Waals surface area contributed by atoms with Crippen LogP contribution in [0.4, 0.5) is 0 Å². The van der Waals surface area contributed by atoms with Crippen molar-refractivity contribution in [1.82, 2.24) is 15.3 Å². The molecular weight excluding hydrogens is 230 g/mol. The Balaban J connectivity index is 2.16. The van der Waals surface area contributed by atoms with Crippen LogP contribution in [0.5, 0.6) is 0 Å². The zero-order chi connectivity index (χ0) is 12.1. The largest absolute Gasteiger partial charge is 0.310 e. The predicted octanol–water partition coefficient (Wildman–Crippen LogP) is 2.74. The van der Waals surface area contributed by atoms with Gasteiger partial charge in [-0.25, -0.2) is 4.98 Å². The third kappa shape index (κ3) is 3.35. The summed E-state index contributed by atoms with van der Waals surface area (Å²) < 4.78 is 0. The van der Waals surface area contributed by atoms with Crippen molar-refractivity contribution in [1.29, 1.82) is 0 Å². The second kappa shape index (κ2) is 5.89. The first-order valence-electron chi connectivity index (χ1n) is 5.83. The first kappa shape index (κ1) is 12.2. The summed E-state index contributed by atoms with van der Waals surface area (Å²) in [7, 11) is 0. The minimum atomic E-state index is 0.304. The van der Waals surface area contributed by atoms with Gasteiger partial charge in [-0.2, -0.15) is 0 Å². The van der Waals surface area contributed by atoms with E-state index in [-0.39, 0.29) is 0 Å². The number of aromatic nitrogens is 2. The molecule has 0 aliphatic heterocycles. The quantitative estimate of drug-likeness (QED) is 0.883. The molecule has 4 heteroatoms. The highest BCUT2D eigenvalue weighted by Gasteiger charge is 2.12. The van der Waals surface area contributed by atoms with E-state index in [9.17, 15) is 0 Å². The summed E-state index contributed by atoms with van der Waals surface area (Å²) >= 11 is 1.70. The number of aryl methyl sites for hydroxylation is 1. The van der Waals surface area contributed by atoms with E-state index in [4.69, 9.17) is 0 Å². The molecule has 3 nitrogen and oxygen atoms in total. The second-order valence-corrected chi connectivity index (χ2v) is 5.01. The molecule has 2 aromatic heterocycles. The van der Waals surface area contributed by atoms with Crippen LogP contribution >= 0.6 is 11.3 Å². The Morgan fingerprint density at radius 3 is 2.94 bits per heavy atom. The summed E-state index contributed by atoms with van der Waals surface area (Å²) in [5.41, 5.74) is 2.44. The summed E-state index contributed by atoms with van der Waals surface area (Å²) in [5, 5.41) is 6.68. The van der Waals surface area contributed by atoms with E-state index in [2.05, 4.69) is 35.2 Å². The van der Waals surface area contributed by atoms with Gasteiger partial charge in [-0.05, 0) is 24.6 Å². The van der Waals surface area contributed by atoms with Gasteiger partial charge < -0.3 is 5.32 Å².